The van der Waals surface area contributed by atoms with E-state index in [9.17, 15) is 4.91 Å². The van der Waals surface area contributed by atoms with Crippen LogP contribution in [0.15, 0.2) is 41.7 Å². The molecule has 98 valence electrons. The number of aromatic nitrogens is 1. The van der Waals surface area contributed by atoms with Gasteiger partial charge in [0, 0.05) is 6.07 Å². The van der Waals surface area contributed by atoms with Crippen molar-refractivity contribution in [2.45, 2.75) is 18.8 Å². The second-order valence-corrected chi connectivity index (χ2v) is 4.69. The highest BCUT2D eigenvalue weighted by Gasteiger charge is 2.27. The lowest BCUT2D eigenvalue weighted by Gasteiger charge is -2.10. The Kier molecular flexibility index (Phi) is 3.13. The molecular formula is C15H11N3O2. The molecule has 0 amide bonds. The maximum Gasteiger partial charge on any atom is 0.219 e. The summed E-state index contributed by atoms with van der Waals surface area (Å²) < 4.78 is 5.75. The molecule has 1 saturated carbocycles. The quantitative estimate of drug-likeness (QED) is 0.782. The Balaban J connectivity index is 1.89. The first-order valence-corrected chi connectivity index (χ1v) is 6.31. The summed E-state index contributed by atoms with van der Waals surface area (Å²) in [5.41, 5.74) is 1.94. The highest BCUT2D eigenvalue weighted by molar-refractivity contribution is 5.47. The topological polar surface area (TPSA) is 75.3 Å². The largest absolute Gasteiger partial charge is 0.439 e. The number of rotatable bonds is 4. The number of benzene rings is 1. The summed E-state index contributed by atoms with van der Waals surface area (Å²) in [6, 6.07) is 10.7. The van der Waals surface area contributed by atoms with E-state index in [0.29, 0.717) is 23.1 Å². The molecule has 1 aromatic carbocycles. The zero-order valence-corrected chi connectivity index (χ0v) is 10.6. The Labute approximate surface area is 115 Å². The zero-order chi connectivity index (χ0) is 13.9. The molecule has 1 heterocycles. The minimum atomic E-state index is 0.264. The molecule has 0 unspecified atom stereocenters. The Morgan fingerprint density at radius 1 is 1.30 bits per heavy atom. The third kappa shape index (κ3) is 2.50. The van der Waals surface area contributed by atoms with Gasteiger partial charge in [0.2, 0.25) is 5.88 Å². The maximum absolute atomic E-state index is 10.3. The molecule has 20 heavy (non-hydrogen) atoms. The van der Waals surface area contributed by atoms with Gasteiger partial charge in [-0.15, -0.1) is 4.91 Å². The minimum absolute atomic E-state index is 0.264. The Bertz CT molecular complexity index is 685. The Hall–Kier alpha value is -2.74. The summed E-state index contributed by atoms with van der Waals surface area (Å²) in [5.74, 6) is 1.59. The van der Waals surface area contributed by atoms with Crippen LogP contribution in [0.4, 0.5) is 5.69 Å². The number of hydrogen-bond acceptors (Lipinski definition) is 5. The molecule has 2 aromatic rings. The average Bonchev–Trinajstić information content (AvgIpc) is 3.33. The Morgan fingerprint density at radius 2 is 2.15 bits per heavy atom. The van der Waals surface area contributed by atoms with Crippen molar-refractivity contribution >= 4 is 5.69 Å². The number of nitroso groups, excluding NO2 is 1. The van der Waals surface area contributed by atoms with Crippen LogP contribution in [0.25, 0.3) is 0 Å². The van der Waals surface area contributed by atoms with Crippen LogP contribution in [0.2, 0.25) is 0 Å². The van der Waals surface area contributed by atoms with Gasteiger partial charge in [-0.1, -0.05) is 0 Å². The van der Waals surface area contributed by atoms with Crippen molar-refractivity contribution in [1.29, 1.82) is 5.26 Å². The molecule has 5 nitrogen and oxygen atoms in total. The van der Waals surface area contributed by atoms with E-state index in [1.807, 2.05) is 6.07 Å². The molecule has 0 radical (unpaired) electrons. The monoisotopic (exact) mass is 265 g/mol. The van der Waals surface area contributed by atoms with Crippen molar-refractivity contribution in [2.75, 3.05) is 0 Å². The van der Waals surface area contributed by atoms with Gasteiger partial charge in [0.05, 0.1) is 17.8 Å². The summed E-state index contributed by atoms with van der Waals surface area (Å²) in [7, 11) is 0. The molecule has 1 aromatic heterocycles. The van der Waals surface area contributed by atoms with Gasteiger partial charge in [-0.3, -0.25) is 0 Å². The summed E-state index contributed by atoms with van der Waals surface area (Å²) in [6.07, 6.45) is 3.60. The second kappa shape index (κ2) is 5.10. The lowest BCUT2D eigenvalue weighted by atomic mass is 10.1. The van der Waals surface area contributed by atoms with Gasteiger partial charge < -0.3 is 4.74 Å². The fraction of sp³-hybridized carbons (Fsp3) is 0.200. The average molecular weight is 265 g/mol. The molecule has 0 saturated heterocycles. The molecule has 5 heteroatoms. The predicted molar refractivity (Wildman–Crippen MR) is 72.9 cm³/mol. The lowest BCUT2D eigenvalue weighted by molar-refractivity contribution is 0.457. The van der Waals surface area contributed by atoms with E-state index >= 15 is 0 Å². The van der Waals surface area contributed by atoms with E-state index in [2.05, 4.69) is 16.2 Å². The van der Waals surface area contributed by atoms with Crippen molar-refractivity contribution in [2.24, 2.45) is 5.18 Å². The van der Waals surface area contributed by atoms with E-state index in [1.54, 1.807) is 24.3 Å². The molecule has 0 spiro atoms. The highest BCUT2D eigenvalue weighted by atomic mass is 16.5. The van der Waals surface area contributed by atoms with Gasteiger partial charge in [0.25, 0.3) is 0 Å². The number of pyridine rings is 1. The zero-order valence-electron chi connectivity index (χ0n) is 10.6. The first-order valence-electron chi connectivity index (χ1n) is 6.31. The van der Waals surface area contributed by atoms with E-state index in [1.165, 1.54) is 6.20 Å². The molecule has 1 aliphatic rings. The van der Waals surface area contributed by atoms with Crippen LogP contribution in [-0.4, -0.2) is 4.98 Å². The first kappa shape index (κ1) is 12.3. The van der Waals surface area contributed by atoms with Crippen LogP contribution in [0.5, 0.6) is 11.6 Å². The molecular weight excluding hydrogens is 254 g/mol. The second-order valence-electron chi connectivity index (χ2n) is 4.69. The lowest BCUT2D eigenvalue weighted by Crippen LogP contribution is -1.93. The van der Waals surface area contributed by atoms with Crippen LogP contribution in [-0.2, 0) is 0 Å². The molecule has 1 fully saturated rings. The summed E-state index contributed by atoms with van der Waals surface area (Å²) in [4.78, 5) is 14.4. The van der Waals surface area contributed by atoms with Gasteiger partial charge in [-0.05, 0) is 53.8 Å². The van der Waals surface area contributed by atoms with E-state index in [0.717, 1.165) is 18.4 Å². The van der Waals surface area contributed by atoms with E-state index < -0.39 is 0 Å². The fourth-order valence-corrected chi connectivity index (χ4v) is 2.02. The molecule has 3 rings (SSSR count). The molecule has 0 atom stereocenters. The summed E-state index contributed by atoms with van der Waals surface area (Å²) >= 11 is 0. The van der Waals surface area contributed by atoms with Crippen LogP contribution < -0.4 is 4.74 Å². The normalized spacial score (nSPS) is 13.6. The molecule has 0 N–H and O–H groups in total. The van der Waals surface area contributed by atoms with Crippen LogP contribution in [0.1, 0.15) is 29.9 Å². The molecule has 0 aliphatic heterocycles. The smallest absolute Gasteiger partial charge is 0.219 e. The standard InChI is InChI=1S/C15H11N3O2/c16-8-10-1-5-14(13(7-10)11-2-3-11)20-15-6-4-12(18-19)9-17-15/h1,4-7,9,11H,2-3H2. The van der Waals surface area contributed by atoms with Crippen molar-refractivity contribution < 1.29 is 4.74 Å². The van der Waals surface area contributed by atoms with Crippen molar-refractivity contribution in [3.63, 3.8) is 0 Å². The third-order valence-corrected chi connectivity index (χ3v) is 3.20. The summed E-state index contributed by atoms with van der Waals surface area (Å²) in [5, 5.41) is 11.8. The fourth-order valence-electron chi connectivity index (χ4n) is 2.02. The third-order valence-electron chi connectivity index (χ3n) is 3.20. The van der Waals surface area contributed by atoms with Crippen molar-refractivity contribution in [1.82, 2.24) is 4.98 Å². The van der Waals surface area contributed by atoms with Gasteiger partial charge in [0.1, 0.15) is 11.4 Å². The van der Waals surface area contributed by atoms with E-state index in [4.69, 9.17) is 10.00 Å². The number of ether oxygens (including phenoxy) is 1. The first-order chi connectivity index (χ1) is 9.80. The minimum Gasteiger partial charge on any atom is -0.439 e. The number of hydrogen-bond donors (Lipinski definition) is 0. The van der Waals surface area contributed by atoms with Gasteiger partial charge in [-0.2, -0.15) is 5.26 Å². The summed E-state index contributed by atoms with van der Waals surface area (Å²) in [6.45, 7) is 0. The maximum atomic E-state index is 10.3. The van der Waals surface area contributed by atoms with Crippen molar-refractivity contribution in [3.05, 3.63) is 52.6 Å². The van der Waals surface area contributed by atoms with Gasteiger partial charge >= 0.3 is 0 Å². The predicted octanol–water partition coefficient (Wildman–Crippen LogP) is 4.02. The highest BCUT2D eigenvalue weighted by Crippen LogP contribution is 2.45. The van der Waals surface area contributed by atoms with Crippen LogP contribution in [0, 0.1) is 16.2 Å². The van der Waals surface area contributed by atoms with E-state index in [-0.39, 0.29) is 5.69 Å². The van der Waals surface area contributed by atoms with Crippen molar-refractivity contribution in [3.8, 4) is 17.7 Å². The van der Waals surface area contributed by atoms with Crippen LogP contribution in [0.3, 0.4) is 0 Å². The molecule has 1 aliphatic carbocycles. The van der Waals surface area contributed by atoms with Crippen LogP contribution >= 0.6 is 0 Å². The Morgan fingerprint density at radius 3 is 2.75 bits per heavy atom. The van der Waals surface area contributed by atoms with Gasteiger partial charge in [0.15, 0.2) is 0 Å². The molecule has 0 bridgehead atoms. The number of nitrogens with zero attached hydrogens (tertiary/aromatic N) is 3. The van der Waals surface area contributed by atoms with Gasteiger partial charge in [-0.25, -0.2) is 4.98 Å². The SMILES string of the molecule is N#Cc1ccc(Oc2ccc(N=O)cn2)c(C2CC2)c1. The number of nitriles is 1.